The summed E-state index contributed by atoms with van der Waals surface area (Å²) in [5.74, 6) is -1.03. The van der Waals surface area contributed by atoms with Gasteiger partial charge in [-0.2, -0.15) is 0 Å². The van der Waals surface area contributed by atoms with E-state index in [-0.39, 0.29) is 29.2 Å². The summed E-state index contributed by atoms with van der Waals surface area (Å²) in [6, 6.07) is 7.76. The molecule has 1 unspecified atom stereocenters. The number of nitrogen functional groups attached to an aromatic ring is 1. The number of halogens is 2. The molecular weight excluding hydrogens is 338 g/mol. The van der Waals surface area contributed by atoms with Crippen LogP contribution in [0.3, 0.4) is 0 Å². The Morgan fingerprint density at radius 2 is 1.92 bits per heavy atom. The fourth-order valence-corrected chi connectivity index (χ4v) is 2.89. The van der Waals surface area contributed by atoms with Crippen LogP contribution >= 0.6 is 0 Å². The predicted molar refractivity (Wildman–Crippen MR) is 97.7 cm³/mol. The first-order valence-electron chi connectivity index (χ1n) is 8.35. The number of nitrogens with two attached hydrogens (primary N) is 1. The van der Waals surface area contributed by atoms with E-state index in [4.69, 9.17) is 15.2 Å². The van der Waals surface area contributed by atoms with Gasteiger partial charge < -0.3 is 15.2 Å². The van der Waals surface area contributed by atoms with E-state index in [1.165, 1.54) is 6.07 Å². The minimum Gasteiger partial charge on any atom is -0.496 e. The van der Waals surface area contributed by atoms with Crippen LogP contribution < -0.4 is 10.5 Å². The number of methoxy groups -OCH3 is 1. The summed E-state index contributed by atoms with van der Waals surface area (Å²) < 4.78 is 39.3. The second-order valence-electron chi connectivity index (χ2n) is 7.29. The summed E-state index contributed by atoms with van der Waals surface area (Å²) in [4.78, 5) is 4.37. The van der Waals surface area contributed by atoms with E-state index in [9.17, 15) is 8.78 Å². The van der Waals surface area contributed by atoms with E-state index in [0.717, 1.165) is 17.2 Å². The Balaban J connectivity index is 2.00. The van der Waals surface area contributed by atoms with E-state index < -0.39 is 17.7 Å². The standard InChI is InChI=1S/C20H22F2N2O2/c1-20(2,3)11-5-6-12(16(9-11)25-4)15-10-26-19(24-15)17-13(21)7-8-14(23)18(17)22/h5-9,15H,10,23H2,1-4H3. The van der Waals surface area contributed by atoms with Crippen LogP contribution in [0.5, 0.6) is 5.75 Å². The second kappa shape index (κ2) is 6.59. The number of aliphatic imine (C=N–C) groups is 1. The Labute approximate surface area is 151 Å². The molecule has 0 fully saturated rings. The van der Waals surface area contributed by atoms with Crippen LogP contribution in [0, 0.1) is 11.6 Å². The first kappa shape index (κ1) is 18.2. The number of anilines is 1. The van der Waals surface area contributed by atoms with Crippen molar-refractivity contribution in [1.29, 1.82) is 0 Å². The molecule has 1 aliphatic rings. The highest BCUT2D eigenvalue weighted by Crippen LogP contribution is 2.36. The molecule has 26 heavy (non-hydrogen) atoms. The summed E-state index contributed by atoms with van der Waals surface area (Å²) in [7, 11) is 1.59. The first-order chi connectivity index (χ1) is 12.2. The minimum atomic E-state index is -0.862. The summed E-state index contributed by atoms with van der Waals surface area (Å²) in [5.41, 5.74) is 6.95. The Kier molecular flexibility index (Phi) is 4.61. The van der Waals surface area contributed by atoms with Crippen molar-refractivity contribution in [1.82, 2.24) is 0 Å². The molecule has 0 amide bonds. The van der Waals surface area contributed by atoms with Crippen molar-refractivity contribution in [3.05, 3.63) is 58.7 Å². The van der Waals surface area contributed by atoms with E-state index in [0.29, 0.717) is 5.75 Å². The fraction of sp³-hybridized carbons (Fsp3) is 0.350. The molecule has 3 rings (SSSR count). The Morgan fingerprint density at radius 3 is 2.58 bits per heavy atom. The van der Waals surface area contributed by atoms with Gasteiger partial charge in [0, 0.05) is 5.56 Å². The van der Waals surface area contributed by atoms with Gasteiger partial charge in [-0.05, 0) is 29.2 Å². The van der Waals surface area contributed by atoms with Gasteiger partial charge in [-0.15, -0.1) is 0 Å². The predicted octanol–water partition coefficient (Wildman–Crippen LogP) is 4.37. The van der Waals surface area contributed by atoms with E-state index >= 15 is 0 Å². The first-order valence-corrected chi connectivity index (χ1v) is 8.35. The molecule has 0 radical (unpaired) electrons. The van der Waals surface area contributed by atoms with Gasteiger partial charge in [0.05, 0.1) is 12.8 Å². The van der Waals surface area contributed by atoms with Crippen molar-refractivity contribution < 1.29 is 18.3 Å². The average molecular weight is 360 g/mol. The van der Waals surface area contributed by atoms with Crippen molar-refractivity contribution in [3.63, 3.8) is 0 Å². The molecule has 4 nitrogen and oxygen atoms in total. The van der Waals surface area contributed by atoms with E-state index in [1.807, 2.05) is 18.2 Å². The van der Waals surface area contributed by atoms with Crippen LogP contribution in [0.4, 0.5) is 14.5 Å². The summed E-state index contributed by atoms with van der Waals surface area (Å²) in [5, 5.41) is 0. The highest BCUT2D eigenvalue weighted by Gasteiger charge is 2.29. The number of nitrogens with zero attached hydrogens (tertiary/aromatic N) is 1. The van der Waals surface area contributed by atoms with Crippen molar-refractivity contribution in [3.8, 4) is 5.75 Å². The van der Waals surface area contributed by atoms with Gasteiger partial charge in [-0.25, -0.2) is 13.8 Å². The number of ether oxygens (including phenoxy) is 2. The fourth-order valence-electron chi connectivity index (χ4n) is 2.89. The Bertz CT molecular complexity index is 873. The monoisotopic (exact) mass is 360 g/mol. The van der Waals surface area contributed by atoms with Gasteiger partial charge in [0.15, 0.2) is 5.82 Å². The Morgan fingerprint density at radius 1 is 1.19 bits per heavy atom. The van der Waals surface area contributed by atoms with Crippen molar-refractivity contribution in [2.75, 3.05) is 19.5 Å². The van der Waals surface area contributed by atoms with Crippen LogP contribution in [-0.2, 0) is 10.2 Å². The van der Waals surface area contributed by atoms with Crippen LogP contribution in [0.1, 0.15) is 43.5 Å². The van der Waals surface area contributed by atoms with Crippen LogP contribution in [0.15, 0.2) is 35.3 Å². The summed E-state index contributed by atoms with van der Waals surface area (Å²) in [6.07, 6.45) is 0. The summed E-state index contributed by atoms with van der Waals surface area (Å²) in [6.45, 7) is 6.51. The normalized spacial score (nSPS) is 17.0. The van der Waals surface area contributed by atoms with E-state index in [1.54, 1.807) is 7.11 Å². The number of hydrogen-bond acceptors (Lipinski definition) is 4. The molecule has 2 N–H and O–H groups in total. The quantitative estimate of drug-likeness (QED) is 0.827. The molecular formula is C20H22F2N2O2. The van der Waals surface area contributed by atoms with Crippen molar-refractivity contribution in [2.45, 2.75) is 32.2 Å². The molecule has 0 saturated heterocycles. The molecule has 0 aromatic heterocycles. The highest BCUT2D eigenvalue weighted by atomic mass is 19.1. The lowest BCUT2D eigenvalue weighted by molar-refractivity contribution is 0.313. The lowest BCUT2D eigenvalue weighted by Gasteiger charge is -2.21. The maximum absolute atomic E-state index is 14.2. The zero-order chi connectivity index (χ0) is 19.1. The molecule has 0 spiro atoms. The molecule has 1 aliphatic heterocycles. The third-order valence-electron chi connectivity index (χ3n) is 4.44. The van der Waals surface area contributed by atoms with Gasteiger partial charge in [-0.3, -0.25) is 0 Å². The number of benzene rings is 2. The molecule has 1 atom stereocenters. The second-order valence-corrected chi connectivity index (χ2v) is 7.29. The van der Waals surface area contributed by atoms with Crippen LogP contribution in [-0.4, -0.2) is 19.6 Å². The molecule has 0 bridgehead atoms. The average Bonchev–Trinajstić information content (AvgIpc) is 3.06. The maximum Gasteiger partial charge on any atom is 0.223 e. The maximum atomic E-state index is 14.2. The molecule has 6 heteroatoms. The highest BCUT2D eigenvalue weighted by molar-refractivity contribution is 5.96. The number of hydrogen-bond donors (Lipinski definition) is 1. The smallest absolute Gasteiger partial charge is 0.223 e. The SMILES string of the molecule is COc1cc(C(C)(C)C)ccc1C1COC(c2c(F)ccc(N)c2F)=N1. The molecule has 2 aromatic carbocycles. The minimum absolute atomic E-state index is 0.0275. The van der Waals surface area contributed by atoms with Crippen LogP contribution in [0.25, 0.3) is 0 Å². The number of rotatable bonds is 3. The molecule has 2 aromatic rings. The molecule has 0 aliphatic carbocycles. The third-order valence-corrected chi connectivity index (χ3v) is 4.44. The lowest BCUT2D eigenvalue weighted by atomic mass is 9.86. The van der Waals surface area contributed by atoms with Crippen molar-refractivity contribution >= 4 is 11.6 Å². The summed E-state index contributed by atoms with van der Waals surface area (Å²) >= 11 is 0. The topological polar surface area (TPSA) is 56.8 Å². The lowest BCUT2D eigenvalue weighted by Crippen LogP contribution is -2.12. The Hall–Kier alpha value is -2.63. The molecule has 0 saturated carbocycles. The van der Waals surface area contributed by atoms with E-state index in [2.05, 4.69) is 25.8 Å². The third kappa shape index (κ3) is 3.23. The zero-order valence-electron chi connectivity index (χ0n) is 15.3. The molecule has 1 heterocycles. The molecule has 138 valence electrons. The largest absolute Gasteiger partial charge is 0.496 e. The van der Waals surface area contributed by atoms with Gasteiger partial charge in [0.25, 0.3) is 0 Å². The zero-order valence-corrected chi connectivity index (χ0v) is 15.3. The van der Waals surface area contributed by atoms with Crippen LogP contribution in [0.2, 0.25) is 0 Å². The van der Waals surface area contributed by atoms with Gasteiger partial charge in [0.1, 0.15) is 29.8 Å². The van der Waals surface area contributed by atoms with Gasteiger partial charge in [0.2, 0.25) is 5.90 Å². The van der Waals surface area contributed by atoms with Gasteiger partial charge >= 0.3 is 0 Å². The van der Waals surface area contributed by atoms with Crippen molar-refractivity contribution in [2.24, 2.45) is 4.99 Å². The van der Waals surface area contributed by atoms with Gasteiger partial charge in [-0.1, -0.05) is 32.9 Å².